The Hall–Kier alpha value is -0.870. The van der Waals surface area contributed by atoms with E-state index in [-0.39, 0.29) is 0 Å². The van der Waals surface area contributed by atoms with Gasteiger partial charge in [0.2, 0.25) is 0 Å². The summed E-state index contributed by atoms with van der Waals surface area (Å²) >= 11 is 0. The maximum atomic E-state index is 5.00. The highest BCUT2D eigenvalue weighted by Gasteiger charge is 2.27. The largest absolute Gasteiger partial charge is 0.383 e. The molecule has 0 aliphatic carbocycles. The number of nitrogens with one attached hydrogen (secondary N) is 1. The van der Waals surface area contributed by atoms with Crippen LogP contribution in [0.3, 0.4) is 0 Å². The second kappa shape index (κ2) is 7.79. The highest BCUT2D eigenvalue weighted by Crippen LogP contribution is 2.54. The molecular weight excluding hydrogens is 269 g/mol. The van der Waals surface area contributed by atoms with Crippen molar-refractivity contribution in [2.45, 2.75) is 0 Å². The summed E-state index contributed by atoms with van der Waals surface area (Å²) in [7, 11) is 10.8. The molecule has 0 atom stereocenters. The van der Waals surface area contributed by atoms with Crippen LogP contribution in [0.1, 0.15) is 0 Å². The zero-order valence-corrected chi connectivity index (χ0v) is 14.4. The predicted octanol–water partition coefficient (Wildman–Crippen LogP) is 2.73. The van der Waals surface area contributed by atoms with Crippen LogP contribution in [0.4, 0.5) is 5.69 Å². The van der Waals surface area contributed by atoms with Crippen LogP contribution in [0.2, 0.25) is 0 Å². The minimum atomic E-state index is -1.75. The lowest BCUT2D eigenvalue weighted by Gasteiger charge is -2.41. The van der Waals surface area contributed by atoms with E-state index in [0.717, 1.165) is 18.8 Å². The second-order valence-electron chi connectivity index (χ2n) is 5.24. The molecule has 0 aliphatic heterocycles. The Balaban J connectivity index is 2.73. The molecule has 0 unspecified atom stereocenters. The van der Waals surface area contributed by atoms with Crippen LogP contribution in [-0.2, 0) is 0 Å². The molecule has 0 aromatic heterocycles. The fraction of sp³-hybridized carbons (Fsp3) is 0.571. The third kappa shape index (κ3) is 4.06. The number of anilines is 1. The van der Waals surface area contributed by atoms with Gasteiger partial charge in [-0.15, -0.1) is 0 Å². The molecule has 1 aromatic carbocycles. The fourth-order valence-corrected chi connectivity index (χ4v) is 5.67. The van der Waals surface area contributed by atoms with Gasteiger partial charge >= 0.3 is 0 Å². The molecule has 0 amide bonds. The van der Waals surface area contributed by atoms with Crippen molar-refractivity contribution in [1.29, 1.82) is 0 Å². The molecule has 0 saturated carbocycles. The number of nitrogens with zero attached hydrogens (tertiary/aromatic N) is 4. The molecule has 0 fully saturated rings. The van der Waals surface area contributed by atoms with E-state index in [4.69, 9.17) is 4.74 Å². The van der Waals surface area contributed by atoms with Crippen molar-refractivity contribution in [2.75, 3.05) is 60.7 Å². The van der Waals surface area contributed by atoms with E-state index < -0.39 is 7.51 Å². The Labute approximate surface area is 123 Å². The summed E-state index contributed by atoms with van der Waals surface area (Å²) in [6.07, 6.45) is 0. The second-order valence-corrected chi connectivity index (χ2v) is 8.99. The predicted molar refractivity (Wildman–Crippen MR) is 90.2 cm³/mol. The summed E-state index contributed by atoms with van der Waals surface area (Å²) in [6.45, 7) is 1.64. The number of hydrogen-bond donors (Lipinski definition) is 1. The lowest BCUT2D eigenvalue weighted by Crippen LogP contribution is -2.31. The van der Waals surface area contributed by atoms with Gasteiger partial charge in [0, 0.05) is 12.2 Å². The molecule has 0 heterocycles. The van der Waals surface area contributed by atoms with Gasteiger partial charge in [-0.2, -0.15) is 0 Å². The molecule has 6 heteroatoms. The van der Waals surface area contributed by atoms with Crippen LogP contribution >= 0.6 is 7.51 Å². The molecule has 1 aromatic rings. The van der Waals surface area contributed by atoms with Crippen LogP contribution in [0.5, 0.6) is 0 Å². The van der Waals surface area contributed by atoms with E-state index in [1.54, 1.807) is 0 Å². The molecule has 0 saturated heterocycles. The Morgan fingerprint density at radius 2 is 1.40 bits per heavy atom. The maximum Gasteiger partial charge on any atom is 0.166 e. The van der Waals surface area contributed by atoms with Gasteiger partial charge in [-0.1, -0.05) is 18.2 Å². The summed E-state index contributed by atoms with van der Waals surface area (Å²) in [5, 5.41) is 3.40. The first-order chi connectivity index (χ1) is 9.41. The molecule has 114 valence electrons. The number of benzene rings is 1. The lowest BCUT2D eigenvalue weighted by atomic mass is 10.3. The van der Waals surface area contributed by atoms with Gasteiger partial charge in [0.15, 0.2) is 7.51 Å². The molecule has 0 aliphatic rings. The topological polar surface area (TPSA) is 34.1 Å². The van der Waals surface area contributed by atoms with Crippen molar-refractivity contribution in [3.05, 3.63) is 30.3 Å². The monoisotopic (exact) mass is 297 g/mol. The molecule has 1 N–H and O–H groups in total. The van der Waals surface area contributed by atoms with E-state index in [1.165, 1.54) is 0 Å². The SMILES string of the molecule is CN(C)P(=NCCNc1ccccc1)(N(C)C)N(C)C. The van der Waals surface area contributed by atoms with Gasteiger partial charge in [0.1, 0.15) is 0 Å². The van der Waals surface area contributed by atoms with Crippen LogP contribution in [0, 0.1) is 0 Å². The van der Waals surface area contributed by atoms with Crippen LogP contribution in [0.25, 0.3) is 0 Å². The van der Waals surface area contributed by atoms with Gasteiger partial charge in [0.25, 0.3) is 0 Å². The van der Waals surface area contributed by atoms with Gasteiger partial charge in [0.05, 0.1) is 6.54 Å². The molecule has 1 rings (SSSR count). The van der Waals surface area contributed by atoms with Crippen molar-refractivity contribution >= 4 is 13.2 Å². The molecule has 0 bridgehead atoms. The van der Waals surface area contributed by atoms with E-state index in [0.29, 0.717) is 0 Å². The minimum absolute atomic E-state index is 0.789. The van der Waals surface area contributed by atoms with Crippen molar-refractivity contribution in [2.24, 2.45) is 4.74 Å². The normalized spacial score (nSPS) is 12.2. The maximum absolute atomic E-state index is 5.00. The van der Waals surface area contributed by atoms with E-state index in [1.807, 2.05) is 18.2 Å². The quantitative estimate of drug-likeness (QED) is 0.620. The molecule has 5 nitrogen and oxygen atoms in total. The lowest BCUT2D eigenvalue weighted by molar-refractivity contribution is 0.471. The summed E-state index contributed by atoms with van der Waals surface area (Å²) in [5.74, 6) is 0. The summed E-state index contributed by atoms with van der Waals surface area (Å²) in [6, 6.07) is 10.3. The van der Waals surface area contributed by atoms with Crippen molar-refractivity contribution in [1.82, 2.24) is 14.0 Å². The van der Waals surface area contributed by atoms with Gasteiger partial charge in [-0.25, -0.2) is 0 Å². The van der Waals surface area contributed by atoms with Gasteiger partial charge in [-0.05, 0) is 54.4 Å². The van der Waals surface area contributed by atoms with Crippen molar-refractivity contribution in [3.63, 3.8) is 0 Å². The Morgan fingerprint density at radius 1 is 0.900 bits per heavy atom. The smallest absolute Gasteiger partial charge is 0.166 e. The van der Waals surface area contributed by atoms with E-state index in [9.17, 15) is 0 Å². The first-order valence-corrected chi connectivity index (χ1v) is 8.41. The van der Waals surface area contributed by atoms with Crippen LogP contribution in [0.15, 0.2) is 35.1 Å². The first kappa shape index (κ1) is 17.2. The number of para-hydroxylation sites is 1. The van der Waals surface area contributed by atoms with Crippen LogP contribution in [-0.4, -0.2) is 69.4 Å². The zero-order valence-electron chi connectivity index (χ0n) is 13.5. The third-order valence-electron chi connectivity index (χ3n) is 3.11. The van der Waals surface area contributed by atoms with Crippen molar-refractivity contribution in [3.8, 4) is 0 Å². The Morgan fingerprint density at radius 3 is 1.85 bits per heavy atom. The molecule has 0 spiro atoms. The standard InChI is InChI=1S/C14H28N5P/c1-17(2)20(18(3)4,19(5)6)16-13-12-15-14-10-8-7-9-11-14/h7-11,15H,12-13H2,1-6H3. The van der Waals surface area contributed by atoms with E-state index >= 15 is 0 Å². The molecule has 0 radical (unpaired) electrons. The average molecular weight is 297 g/mol. The third-order valence-corrected chi connectivity index (χ3v) is 6.91. The number of hydrogen-bond acceptors (Lipinski definition) is 2. The highest BCUT2D eigenvalue weighted by molar-refractivity contribution is 7.59. The van der Waals surface area contributed by atoms with Crippen LogP contribution < -0.4 is 5.32 Å². The molecular formula is C14H28N5P. The van der Waals surface area contributed by atoms with E-state index in [2.05, 4.69) is 73.7 Å². The number of rotatable bonds is 7. The summed E-state index contributed by atoms with van der Waals surface area (Å²) in [5.41, 5.74) is 1.14. The average Bonchev–Trinajstić information content (AvgIpc) is 2.38. The summed E-state index contributed by atoms with van der Waals surface area (Å²) < 4.78 is 11.7. The highest BCUT2D eigenvalue weighted by atomic mass is 31.2. The summed E-state index contributed by atoms with van der Waals surface area (Å²) in [4.78, 5) is 0. The first-order valence-electron chi connectivity index (χ1n) is 6.81. The zero-order chi connectivity index (χ0) is 15.2. The minimum Gasteiger partial charge on any atom is -0.383 e. The molecule has 20 heavy (non-hydrogen) atoms. The Bertz CT molecular complexity index is 414. The fourth-order valence-electron chi connectivity index (χ4n) is 2.39. The Kier molecular flexibility index (Phi) is 6.69. The van der Waals surface area contributed by atoms with Crippen molar-refractivity contribution < 1.29 is 0 Å². The van der Waals surface area contributed by atoms with Gasteiger partial charge < -0.3 is 5.32 Å². The van der Waals surface area contributed by atoms with Gasteiger partial charge in [-0.3, -0.25) is 18.8 Å².